The van der Waals surface area contributed by atoms with Crippen LogP contribution in [-0.4, -0.2) is 12.5 Å². The Morgan fingerprint density at radius 2 is 2.00 bits per heavy atom. The third kappa shape index (κ3) is 3.05. The van der Waals surface area contributed by atoms with Gasteiger partial charge in [-0.3, -0.25) is 0 Å². The van der Waals surface area contributed by atoms with Gasteiger partial charge in [-0.1, -0.05) is 30.3 Å². The lowest BCUT2D eigenvalue weighted by Gasteiger charge is -2.13. The third-order valence-corrected chi connectivity index (χ3v) is 1.57. The second-order valence-electron chi connectivity index (χ2n) is 2.33. The highest BCUT2D eigenvalue weighted by atomic mass is 35.5. The normalized spacial score (nSPS) is 12.2. The summed E-state index contributed by atoms with van der Waals surface area (Å²) in [7, 11) is 1.44. The van der Waals surface area contributed by atoms with Crippen molar-refractivity contribution in [2.45, 2.75) is 6.29 Å². The monoisotopic (exact) mass is 200 g/mol. The van der Waals surface area contributed by atoms with Gasteiger partial charge in [-0.2, -0.15) is 0 Å². The van der Waals surface area contributed by atoms with Gasteiger partial charge in [-0.25, -0.2) is 4.79 Å². The van der Waals surface area contributed by atoms with E-state index >= 15 is 0 Å². The molecule has 4 heteroatoms. The molecule has 0 N–H and O–H groups in total. The van der Waals surface area contributed by atoms with Gasteiger partial charge >= 0.3 is 5.43 Å². The van der Waals surface area contributed by atoms with Crippen LogP contribution in [0.3, 0.4) is 0 Å². The van der Waals surface area contributed by atoms with E-state index in [9.17, 15) is 4.79 Å². The van der Waals surface area contributed by atoms with Crippen LogP contribution in [-0.2, 0) is 9.47 Å². The molecule has 1 unspecified atom stereocenters. The van der Waals surface area contributed by atoms with Crippen molar-refractivity contribution in [3.05, 3.63) is 35.9 Å². The van der Waals surface area contributed by atoms with Crippen molar-refractivity contribution in [2.75, 3.05) is 7.11 Å². The zero-order valence-corrected chi connectivity index (χ0v) is 7.82. The maximum absolute atomic E-state index is 10.4. The highest BCUT2D eigenvalue weighted by Gasteiger charge is 2.13. The number of rotatable bonds is 3. The van der Waals surface area contributed by atoms with Crippen LogP contribution in [0, 0.1) is 0 Å². The first kappa shape index (κ1) is 10.0. The first-order valence-electron chi connectivity index (χ1n) is 3.68. The van der Waals surface area contributed by atoms with Crippen LogP contribution in [0.15, 0.2) is 30.3 Å². The summed E-state index contributed by atoms with van der Waals surface area (Å²) < 4.78 is 9.61. The van der Waals surface area contributed by atoms with Gasteiger partial charge in [-0.15, -0.1) is 0 Å². The Morgan fingerprint density at radius 3 is 2.46 bits per heavy atom. The summed E-state index contributed by atoms with van der Waals surface area (Å²) in [5, 5.41) is 0. The molecule has 0 amide bonds. The Hall–Kier alpha value is -1.06. The predicted octanol–water partition coefficient (Wildman–Crippen LogP) is 2.71. The van der Waals surface area contributed by atoms with Crippen LogP contribution in [0.25, 0.3) is 0 Å². The minimum absolute atomic E-state index is 0.730. The molecule has 0 radical (unpaired) electrons. The minimum atomic E-state index is -0.879. The molecule has 3 nitrogen and oxygen atoms in total. The molecule has 1 rings (SSSR count). The van der Waals surface area contributed by atoms with Gasteiger partial charge in [0.1, 0.15) is 0 Å². The molecule has 0 aliphatic heterocycles. The highest BCUT2D eigenvalue weighted by Crippen LogP contribution is 2.18. The molecule has 0 saturated carbocycles. The second-order valence-corrected chi connectivity index (χ2v) is 2.64. The molecule has 0 heterocycles. The fraction of sp³-hybridized carbons (Fsp3) is 0.222. The lowest BCUT2D eigenvalue weighted by Crippen LogP contribution is -2.07. The first-order valence-corrected chi connectivity index (χ1v) is 4.05. The number of methoxy groups -OCH3 is 1. The fourth-order valence-electron chi connectivity index (χ4n) is 0.947. The van der Waals surface area contributed by atoms with Gasteiger partial charge in [0.25, 0.3) is 0 Å². The van der Waals surface area contributed by atoms with Crippen molar-refractivity contribution in [1.82, 2.24) is 0 Å². The van der Waals surface area contributed by atoms with Gasteiger partial charge in [0.05, 0.1) is 0 Å². The average molecular weight is 201 g/mol. The van der Waals surface area contributed by atoms with E-state index in [2.05, 4.69) is 4.74 Å². The zero-order valence-electron chi connectivity index (χ0n) is 7.07. The van der Waals surface area contributed by atoms with Crippen molar-refractivity contribution in [3.8, 4) is 0 Å². The van der Waals surface area contributed by atoms with Crippen molar-refractivity contribution >= 4 is 17.0 Å². The lowest BCUT2D eigenvalue weighted by molar-refractivity contribution is -0.0764. The topological polar surface area (TPSA) is 35.5 Å². The summed E-state index contributed by atoms with van der Waals surface area (Å²) in [6, 6.07) is 9.08. The molecule has 1 aromatic rings. The van der Waals surface area contributed by atoms with E-state index in [1.54, 1.807) is 12.1 Å². The summed E-state index contributed by atoms with van der Waals surface area (Å²) >= 11 is 5.06. The van der Waals surface area contributed by atoms with Crippen LogP contribution in [0.1, 0.15) is 11.9 Å². The fourth-order valence-corrected chi connectivity index (χ4v) is 1.03. The minimum Gasteiger partial charge on any atom is -0.419 e. The van der Waals surface area contributed by atoms with Crippen LogP contribution in [0.2, 0.25) is 0 Å². The van der Waals surface area contributed by atoms with Gasteiger partial charge in [-0.05, 0) is 0 Å². The molecule has 1 atom stereocenters. The van der Waals surface area contributed by atoms with Gasteiger partial charge < -0.3 is 9.47 Å². The number of hydrogen-bond donors (Lipinski definition) is 0. The molecule has 0 fully saturated rings. The van der Waals surface area contributed by atoms with Gasteiger partial charge in [0, 0.05) is 24.3 Å². The van der Waals surface area contributed by atoms with E-state index < -0.39 is 11.7 Å². The molecule has 0 spiro atoms. The van der Waals surface area contributed by atoms with Gasteiger partial charge in [0.2, 0.25) is 6.29 Å². The maximum Gasteiger partial charge on any atom is 0.406 e. The van der Waals surface area contributed by atoms with Crippen LogP contribution < -0.4 is 0 Å². The van der Waals surface area contributed by atoms with E-state index in [1.807, 2.05) is 18.2 Å². The highest BCUT2D eigenvalue weighted by molar-refractivity contribution is 6.61. The number of halogens is 1. The molecule has 70 valence electrons. The first-order chi connectivity index (χ1) is 6.24. The quantitative estimate of drug-likeness (QED) is 0.556. The molecule has 0 bridgehead atoms. The summed E-state index contributed by atoms with van der Waals surface area (Å²) in [6.45, 7) is 0. The molecule has 13 heavy (non-hydrogen) atoms. The molecular formula is C9H9ClO3. The summed E-state index contributed by atoms with van der Waals surface area (Å²) in [5.41, 5.74) is -0.130. The molecule has 1 aromatic carbocycles. The zero-order chi connectivity index (χ0) is 9.68. The van der Waals surface area contributed by atoms with E-state index in [-0.39, 0.29) is 0 Å². The molecule has 0 aliphatic carbocycles. The van der Waals surface area contributed by atoms with E-state index in [1.165, 1.54) is 7.11 Å². The Balaban J connectivity index is 2.73. The van der Waals surface area contributed by atoms with E-state index in [0.29, 0.717) is 0 Å². The Labute approximate surface area is 81.2 Å². The van der Waals surface area contributed by atoms with Crippen molar-refractivity contribution in [3.63, 3.8) is 0 Å². The number of hydrogen-bond acceptors (Lipinski definition) is 3. The van der Waals surface area contributed by atoms with E-state index in [0.717, 1.165) is 5.56 Å². The number of ether oxygens (including phenoxy) is 2. The van der Waals surface area contributed by atoms with Crippen molar-refractivity contribution < 1.29 is 14.3 Å². The van der Waals surface area contributed by atoms with Gasteiger partial charge in [0.15, 0.2) is 0 Å². The second kappa shape index (κ2) is 4.84. The third-order valence-electron chi connectivity index (χ3n) is 1.49. The largest absolute Gasteiger partial charge is 0.419 e. The SMILES string of the molecule is COC(OC(=O)Cl)c1ccccc1. The van der Waals surface area contributed by atoms with Crippen molar-refractivity contribution in [2.24, 2.45) is 0 Å². The van der Waals surface area contributed by atoms with Crippen LogP contribution in [0.4, 0.5) is 4.79 Å². The van der Waals surface area contributed by atoms with Crippen LogP contribution in [0.5, 0.6) is 0 Å². The molecule has 0 aliphatic rings. The Bertz CT molecular complexity index is 273. The number of carbonyl (C=O) groups excluding carboxylic acids is 1. The Kier molecular flexibility index (Phi) is 3.73. The summed E-state index contributed by atoms with van der Waals surface area (Å²) in [6.07, 6.45) is -0.730. The molecular weight excluding hydrogens is 192 g/mol. The predicted molar refractivity (Wildman–Crippen MR) is 48.5 cm³/mol. The van der Waals surface area contributed by atoms with E-state index in [4.69, 9.17) is 16.3 Å². The van der Waals surface area contributed by atoms with Crippen LogP contribution >= 0.6 is 11.6 Å². The molecule has 0 saturated heterocycles. The standard InChI is InChI=1S/C9H9ClO3/c1-12-8(13-9(10)11)7-5-3-2-4-6-7/h2-6,8H,1H3. The average Bonchev–Trinajstić information content (AvgIpc) is 2.15. The lowest BCUT2D eigenvalue weighted by atomic mass is 10.2. The molecule has 0 aromatic heterocycles. The number of carbonyl (C=O) groups is 1. The van der Waals surface area contributed by atoms with Crippen molar-refractivity contribution in [1.29, 1.82) is 0 Å². The number of benzene rings is 1. The summed E-state index contributed by atoms with van der Waals surface area (Å²) in [4.78, 5) is 10.4. The maximum atomic E-state index is 10.4. The summed E-state index contributed by atoms with van der Waals surface area (Å²) in [5.74, 6) is 0. The Morgan fingerprint density at radius 1 is 1.38 bits per heavy atom. The smallest absolute Gasteiger partial charge is 0.406 e.